The van der Waals surface area contributed by atoms with Gasteiger partial charge in [0.15, 0.2) is 10.9 Å². The molecule has 4 aromatic rings. The van der Waals surface area contributed by atoms with Crippen molar-refractivity contribution >= 4 is 35.6 Å². The van der Waals surface area contributed by atoms with Crippen LogP contribution in [0.3, 0.4) is 0 Å². The van der Waals surface area contributed by atoms with Gasteiger partial charge in [0.2, 0.25) is 5.16 Å². The van der Waals surface area contributed by atoms with Crippen LogP contribution in [-0.4, -0.2) is 40.5 Å². The summed E-state index contributed by atoms with van der Waals surface area (Å²) in [5.41, 5.74) is 1.87. The lowest BCUT2D eigenvalue weighted by Gasteiger charge is -2.06. The van der Waals surface area contributed by atoms with Crippen LogP contribution in [0.15, 0.2) is 79.1 Å². The zero-order valence-corrected chi connectivity index (χ0v) is 20.2. The van der Waals surface area contributed by atoms with Crippen LogP contribution in [0.5, 0.6) is 11.5 Å². The molecule has 0 unspecified atom stereocenters. The van der Waals surface area contributed by atoms with Gasteiger partial charge in [0.1, 0.15) is 22.2 Å². The van der Waals surface area contributed by atoms with Crippen LogP contribution in [0, 0.1) is 6.92 Å². The first kappa shape index (κ1) is 23.5. The average Bonchev–Trinajstić information content (AvgIpc) is 3.49. The van der Waals surface area contributed by atoms with Crippen molar-refractivity contribution in [1.82, 2.24) is 15.2 Å². The lowest BCUT2D eigenvalue weighted by molar-refractivity contribution is -0.131. The quantitative estimate of drug-likeness (QED) is 0.221. The molecule has 0 atom stereocenters. The third-order valence-corrected chi connectivity index (χ3v) is 6.42. The number of nitrogens with zero attached hydrogens (tertiary/aromatic N) is 2. The monoisotopic (exact) mass is 495 g/mol. The predicted molar refractivity (Wildman–Crippen MR) is 130 cm³/mol. The molecule has 0 spiro atoms. The number of aliphatic carboxylic acids is 1. The summed E-state index contributed by atoms with van der Waals surface area (Å²) in [5.74, 6) is 0.974. The molecule has 8 nitrogen and oxygen atoms in total. The molecule has 0 saturated heterocycles. The van der Waals surface area contributed by atoms with Crippen LogP contribution < -0.4 is 9.47 Å². The van der Waals surface area contributed by atoms with Crippen molar-refractivity contribution in [2.45, 2.75) is 22.1 Å². The number of hydrogen-bond acceptors (Lipinski definition) is 8. The Labute approximate surface area is 204 Å². The number of methoxy groups -OCH3 is 2. The first-order valence-electron chi connectivity index (χ1n) is 10.1. The first-order valence-corrected chi connectivity index (χ1v) is 11.7. The number of benzene rings is 2. The number of furan rings is 1. The van der Waals surface area contributed by atoms with Crippen molar-refractivity contribution in [3.05, 3.63) is 70.8 Å². The summed E-state index contributed by atoms with van der Waals surface area (Å²) in [5, 5.41) is 17.6. The molecule has 0 saturated carbocycles. The number of H-pyrrole nitrogens is 1. The maximum Gasteiger partial charge on any atom is 0.342 e. The fourth-order valence-electron chi connectivity index (χ4n) is 2.92. The Kier molecular flexibility index (Phi) is 7.29. The number of aromatic nitrogens is 3. The maximum absolute atomic E-state index is 11.8. The van der Waals surface area contributed by atoms with Crippen molar-refractivity contribution in [2.24, 2.45) is 0 Å². The standard InChI is InChI=1S/C24H21N3O5S2/c1-14-4-7-19(8-5-14)33-21-9-6-16(32-21)13-20(23(28)29)34-24-25-22(26-27-24)15-10-17(30-2)12-18(11-15)31-3/h4-13H,1-3H3,(H,28,29)(H,25,26,27)/b20-13-. The number of carboxylic acid groups (broad SMARTS) is 1. The predicted octanol–water partition coefficient (Wildman–Crippen LogP) is 5.76. The van der Waals surface area contributed by atoms with Crippen molar-refractivity contribution < 1.29 is 23.8 Å². The Balaban J connectivity index is 1.51. The molecule has 0 radical (unpaired) electrons. The molecule has 174 valence electrons. The molecular weight excluding hydrogens is 474 g/mol. The second kappa shape index (κ2) is 10.5. The van der Waals surface area contributed by atoms with Gasteiger partial charge in [-0.1, -0.05) is 29.5 Å². The van der Waals surface area contributed by atoms with Gasteiger partial charge in [0.25, 0.3) is 0 Å². The van der Waals surface area contributed by atoms with Crippen molar-refractivity contribution in [3.63, 3.8) is 0 Å². The number of ether oxygens (including phenoxy) is 2. The molecule has 4 rings (SSSR count). The maximum atomic E-state index is 11.8. The van der Waals surface area contributed by atoms with E-state index in [9.17, 15) is 9.90 Å². The molecule has 0 bridgehead atoms. The van der Waals surface area contributed by atoms with Gasteiger partial charge in [0, 0.05) is 22.6 Å². The van der Waals surface area contributed by atoms with Crippen molar-refractivity contribution in [2.75, 3.05) is 14.2 Å². The molecular formula is C24H21N3O5S2. The topological polar surface area (TPSA) is 110 Å². The molecule has 0 aliphatic heterocycles. The van der Waals surface area contributed by atoms with Crippen LogP contribution in [0.1, 0.15) is 11.3 Å². The molecule has 0 aliphatic rings. The Morgan fingerprint density at radius 3 is 2.41 bits per heavy atom. The minimum Gasteiger partial charge on any atom is -0.497 e. The zero-order valence-electron chi connectivity index (χ0n) is 18.6. The van der Waals surface area contributed by atoms with E-state index in [2.05, 4.69) is 15.2 Å². The van der Waals surface area contributed by atoms with E-state index in [1.54, 1.807) is 38.5 Å². The van der Waals surface area contributed by atoms with Crippen molar-refractivity contribution in [3.8, 4) is 22.9 Å². The van der Waals surface area contributed by atoms with Crippen LogP contribution >= 0.6 is 23.5 Å². The van der Waals surface area contributed by atoms with E-state index in [0.29, 0.717) is 33.7 Å². The van der Waals surface area contributed by atoms with Gasteiger partial charge in [-0.25, -0.2) is 9.78 Å². The van der Waals surface area contributed by atoms with Crippen LogP contribution in [-0.2, 0) is 4.79 Å². The number of aryl methyl sites for hydroxylation is 1. The summed E-state index contributed by atoms with van der Waals surface area (Å²) in [6, 6.07) is 16.9. The highest BCUT2D eigenvalue weighted by Crippen LogP contribution is 2.33. The molecule has 10 heteroatoms. The van der Waals surface area contributed by atoms with Crippen LogP contribution in [0.4, 0.5) is 0 Å². The molecule has 0 fully saturated rings. The summed E-state index contributed by atoms with van der Waals surface area (Å²) in [6.45, 7) is 2.03. The molecule has 34 heavy (non-hydrogen) atoms. The molecule has 2 N–H and O–H groups in total. The minimum atomic E-state index is -1.11. The minimum absolute atomic E-state index is 0.0232. The van der Waals surface area contributed by atoms with Crippen LogP contribution in [0.2, 0.25) is 0 Å². The normalized spacial score (nSPS) is 11.4. The van der Waals surface area contributed by atoms with E-state index in [0.717, 1.165) is 16.7 Å². The first-order chi connectivity index (χ1) is 16.4. The van der Waals surface area contributed by atoms with Gasteiger partial charge in [-0.05, 0) is 55.1 Å². The molecule has 2 aromatic heterocycles. The summed E-state index contributed by atoms with van der Waals surface area (Å²) >= 11 is 2.38. The van der Waals surface area contributed by atoms with Gasteiger partial charge >= 0.3 is 5.97 Å². The van der Waals surface area contributed by atoms with E-state index in [1.165, 1.54) is 23.4 Å². The molecule has 0 aliphatic carbocycles. The average molecular weight is 496 g/mol. The van der Waals surface area contributed by atoms with E-state index in [-0.39, 0.29) is 10.1 Å². The summed E-state index contributed by atoms with van der Waals surface area (Å²) in [6.07, 6.45) is 1.46. The number of aromatic amines is 1. The number of carboxylic acids is 1. The number of carbonyl (C=O) groups is 1. The van der Waals surface area contributed by atoms with Gasteiger partial charge in [0.05, 0.1) is 14.2 Å². The number of hydrogen-bond donors (Lipinski definition) is 2. The van der Waals surface area contributed by atoms with Gasteiger partial charge < -0.3 is 19.0 Å². The Morgan fingerprint density at radius 2 is 1.76 bits per heavy atom. The van der Waals surface area contributed by atoms with E-state index < -0.39 is 5.97 Å². The number of rotatable bonds is 9. The number of nitrogens with one attached hydrogen (secondary N) is 1. The van der Waals surface area contributed by atoms with Gasteiger partial charge in [-0.3, -0.25) is 5.10 Å². The van der Waals surface area contributed by atoms with Gasteiger partial charge in [-0.15, -0.1) is 5.10 Å². The highest BCUT2D eigenvalue weighted by molar-refractivity contribution is 8.04. The smallest absolute Gasteiger partial charge is 0.342 e. The Hall–Kier alpha value is -3.63. The largest absolute Gasteiger partial charge is 0.497 e. The SMILES string of the molecule is COc1cc(OC)cc(-c2nc(S/C(=C\c3ccc(Sc4ccc(C)cc4)o3)C(=O)O)n[nH]2)c1. The molecule has 2 aromatic carbocycles. The summed E-state index contributed by atoms with van der Waals surface area (Å²) in [4.78, 5) is 17.3. The van der Waals surface area contributed by atoms with E-state index >= 15 is 0 Å². The van der Waals surface area contributed by atoms with E-state index in [4.69, 9.17) is 13.9 Å². The lowest BCUT2D eigenvalue weighted by atomic mass is 10.2. The fourth-order valence-corrected chi connectivity index (χ4v) is 4.38. The summed E-state index contributed by atoms with van der Waals surface area (Å²) < 4.78 is 16.4. The third kappa shape index (κ3) is 5.83. The fraction of sp³-hybridized carbons (Fsp3) is 0.125. The summed E-state index contributed by atoms with van der Waals surface area (Å²) in [7, 11) is 3.12. The van der Waals surface area contributed by atoms with E-state index in [1.807, 2.05) is 37.3 Å². The lowest BCUT2D eigenvalue weighted by Crippen LogP contribution is -1.97. The molecule has 0 amide bonds. The number of thioether (sulfide) groups is 1. The zero-order chi connectivity index (χ0) is 24.1. The Morgan fingerprint density at radius 1 is 1.06 bits per heavy atom. The second-order valence-corrected chi connectivity index (χ2v) is 9.14. The highest BCUT2D eigenvalue weighted by Gasteiger charge is 2.16. The van der Waals surface area contributed by atoms with Crippen molar-refractivity contribution in [1.29, 1.82) is 0 Å². The molecule has 2 heterocycles. The van der Waals surface area contributed by atoms with Gasteiger partial charge in [-0.2, -0.15) is 0 Å². The highest BCUT2D eigenvalue weighted by atomic mass is 32.2. The van der Waals surface area contributed by atoms with Crippen LogP contribution in [0.25, 0.3) is 17.5 Å². The Bertz CT molecular complexity index is 1310. The third-order valence-electron chi connectivity index (χ3n) is 4.62. The second-order valence-electron chi connectivity index (χ2n) is 7.06.